The van der Waals surface area contributed by atoms with Crippen molar-refractivity contribution >= 4 is 11.6 Å². The Kier molecular flexibility index (Phi) is 5.16. The molecule has 2 unspecified atom stereocenters. The van der Waals surface area contributed by atoms with Crippen LogP contribution in [0.2, 0.25) is 0 Å². The van der Waals surface area contributed by atoms with E-state index in [-0.39, 0.29) is 6.04 Å². The van der Waals surface area contributed by atoms with Crippen LogP contribution in [0.5, 0.6) is 0 Å². The van der Waals surface area contributed by atoms with Crippen molar-refractivity contribution in [2.45, 2.75) is 44.8 Å². The van der Waals surface area contributed by atoms with Crippen molar-refractivity contribution in [2.75, 3.05) is 36.0 Å². The van der Waals surface area contributed by atoms with Gasteiger partial charge < -0.3 is 9.80 Å². The Balaban J connectivity index is 1.49. The van der Waals surface area contributed by atoms with E-state index in [1.54, 1.807) is 6.33 Å². The van der Waals surface area contributed by atoms with Gasteiger partial charge in [0.05, 0.1) is 6.04 Å². The normalized spacial score (nSPS) is 23.9. The van der Waals surface area contributed by atoms with Gasteiger partial charge in [0.15, 0.2) is 5.69 Å². The fourth-order valence-electron chi connectivity index (χ4n) is 4.15. The molecule has 0 aliphatic carbocycles. The summed E-state index contributed by atoms with van der Waals surface area (Å²) in [5.41, 5.74) is -0.840. The van der Waals surface area contributed by atoms with Gasteiger partial charge in [0.2, 0.25) is 0 Å². The Morgan fingerprint density at radius 2 is 1.68 bits per heavy atom. The fourth-order valence-corrected chi connectivity index (χ4v) is 4.15. The van der Waals surface area contributed by atoms with E-state index in [0.29, 0.717) is 12.5 Å². The van der Waals surface area contributed by atoms with E-state index < -0.39 is 11.9 Å². The monoisotopic (exact) mass is 394 g/mol. The average Bonchev–Trinajstić information content (AvgIpc) is 3.19. The van der Waals surface area contributed by atoms with Crippen LogP contribution in [-0.2, 0) is 6.18 Å². The minimum Gasteiger partial charge on any atom is -0.356 e. The molecule has 0 spiro atoms. The molecular formula is C19H25F3N6. The van der Waals surface area contributed by atoms with Crippen LogP contribution in [0.1, 0.15) is 44.3 Å². The number of hydrogen-bond acceptors (Lipinski definition) is 5. The molecule has 28 heavy (non-hydrogen) atoms. The van der Waals surface area contributed by atoms with Crippen molar-refractivity contribution in [1.82, 2.24) is 19.7 Å². The van der Waals surface area contributed by atoms with Crippen molar-refractivity contribution in [1.29, 1.82) is 0 Å². The standard InChI is InChI=1S/C19H25F3N6/c1-14-4-2-7-26(11-14)17-10-18(24-13-23-17)27-8-3-5-15(12-27)28-9-6-16(25-28)19(20,21)22/h6,9-10,13-15H,2-5,7-8,11-12H2,1H3. The maximum absolute atomic E-state index is 12.9. The summed E-state index contributed by atoms with van der Waals surface area (Å²) in [6.07, 6.45) is 2.69. The lowest BCUT2D eigenvalue weighted by Gasteiger charge is -2.35. The molecule has 2 aromatic heterocycles. The number of halogens is 3. The number of anilines is 2. The van der Waals surface area contributed by atoms with Crippen LogP contribution in [0.4, 0.5) is 24.8 Å². The lowest BCUT2D eigenvalue weighted by Crippen LogP contribution is -2.38. The van der Waals surface area contributed by atoms with Gasteiger partial charge in [0.25, 0.3) is 0 Å². The second-order valence-electron chi connectivity index (χ2n) is 7.85. The third-order valence-electron chi connectivity index (χ3n) is 5.61. The molecular weight excluding hydrogens is 369 g/mol. The molecule has 4 rings (SSSR count). The van der Waals surface area contributed by atoms with Crippen LogP contribution in [0.25, 0.3) is 0 Å². The summed E-state index contributed by atoms with van der Waals surface area (Å²) in [4.78, 5) is 13.3. The maximum atomic E-state index is 12.9. The zero-order valence-electron chi connectivity index (χ0n) is 15.9. The van der Waals surface area contributed by atoms with Gasteiger partial charge >= 0.3 is 6.18 Å². The van der Waals surface area contributed by atoms with Crippen LogP contribution >= 0.6 is 0 Å². The van der Waals surface area contributed by atoms with Gasteiger partial charge in [0.1, 0.15) is 18.0 Å². The van der Waals surface area contributed by atoms with Gasteiger partial charge in [-0.3, -0.25) is 4.68 Å². The topological polar surface area (TPSA) is 50.1 Å². The third-order valence-corrected chi connectivity index (χ3v) is 5.61. The van der Waals surface area contributed by atoms with E-state index in [2.05, 4.69) is 31.8 Å². The average molecular weight is 394 g/mol. The minimum absolute atomic E-state index is 0.0988. The first-order valence-corrected chi connectivity index (χ1v) is 9.84. The van der Waals surface area contributed by atoms with Crippen molar-refractivity contribution in [3.05, 3.63) is 30.4 Å². The van der Waals surface area contributed by atoms with Crippen LogP contribution in [0.3, 0.4) is 0 Å². The first-order valence-electron chi connectivity index (χ1n) is 9.84. The van der Waals surface area contributed by atoms with E-state index in [0.717, 1.165) is 56.6 Å². The number of alkyl halides is 3. The zero-order chi connectivity index (χ0) is 19.7. The molecule has 2 fully saturated rings. The maximum Gasteiger partial charge on any atom is 0.435 e. The number of aromatic nitrogens is 4. The molecule has 2 saturated heterocycles. The smallest absolute Gasteiger partial charge is 0.356 e. The zero-order valence-corrected chi connectivity index (χ0v) is 15.9. The molecule has 0 N–H and O–H groups in total. The molecule has 6 nitrogen and oxygen atoms in total. The molecule has 0 saturated carbocycles. The first kappa shape index (κ1) is 19.0. The lowest BCUT2D eigenvalue weighted by atomic mass is 10.0. The van der Waals surface area contributed by atoms with E-state index in [4.69, 9.17) is 0 Å². The SMILES string of the molecule is CC1CCCN(c2cc(N3CCCC(n4ccc(C(F)(F)F)n4)C3)ncn2)C1. The highest BCUT2D eigenvalue weighted by Crippen LogP contribution is 2.31. The fraction of sp³-hybridized carbons (Fsp3) is 0.632. The van der Waals surface area contributed by atoms with Gasteiger partial charge in [-0.15, -0.1) is 0 Å². The molecule has 9 heteroatoms. The van der Waals surface area contributed by atoms with Gasteiger partial charge in [-0.25, -0.2) is 9.97 Å². The van der Waals surface area contributed by atoms with E-state index in [1.165, 1.54) is 17.3 Å². The summed E-state index contributed by atoms with van der Waals surface area (Å²) in [6.45, 7) is 5.66. The van der Waals surface area contributed by atoms with Gasteiger partial charge in [-0.05, 0) is 37.7 Å². The molecule has 2 aliphatic heterocycles. The highest BCUT2D eigenvalue weighted by molar-refractivity contribution is 5.50. The Morgan fingerprint density at radius 1 is 1.00 bits per heavy atom. The molecule has 4 heterocycles. The number of hydrogen-bond donors (Lipinski definition) is 0. The molecule has 152 valence electrons. The summed E-state index contributed by atoms with van der Waals surface area (Å²) in [5.74, 6) is 2.41. The quantitative estimate of drug-likeness (QED) is 0.793. The van der Waals surface area contributed by atoms with E-state index in [1.807, 2.05) is 6.07 Å². The molecule has 0 radical (unpaired) electrons. The van der Waals surface area contributed by atoms with Gasteiger partial charge in [-0.2, -0.15) is 18.3 Å². The summed E-state index contributed by atoms with van der Waals surface area (Å²) in [5, 5.41) is 3.76. The Labute approximate surface area is 162 Å². The van der Waals surface area contributed by atoms with Crippen molar-refractivity contribution in [3.63, 3.8) is 0 Å². The second-order valence-corrected chi connectivity index (χ2v) is 7.85. The summed E-state index contributed by atoms with van der Waals surface area (Å²) in [6, 6.07) is 2.95. The molecule has 2 aromatic rings. The summed E-state index contributed by atoms with van der Waals surface area (Å²) < 4.78 is 40.0. The van der Waals surface area contributed by atoms with Crippen LogP contribution in [0.15, 0.2) is 24.7 Å². The predicted molar refractivity (Wildman–Crippen MR) is 100 cm³/mol. The summed E-state index contributed by atoms with van der Waals surface area (Å²) >= 11 is 0. The predicted octanol–water partition coefficient (Wildman–Crippen LogP) is 3.77. The lowest BCUT2D eigenvalue weighted by molar-refractivity contribution is -0.141. The molecule has 2 atom stereocenters. The van der Waals surface area contributed by atoms with Gasteiger partial charge in [0, 0.05) is 38.4 Å². The van der Waals surface area contributed by atoms with Crippen LogP contribution in [0, 0.1) is 5.92 Å². The second kappa shape index (κ2) is 7.60. The molecule has 0 aromatic carbocycles. The number of piperidine rings is 2. The van der Waals surface area contributed by atoms with Crippen molar-refractivity contribution < 1.29 is 13.2 Å². The highest BCUT2D eigenvalue weighted by Gasteiger charge is 2.34. The van der Waals surface area contributed by atoms with Crippen molar-refractivity contribution in [3.8, 4) is 0 Å². The Hall–Kier alpha value is -2.32. The van der Waals surface area contributed by atoms with E-state index in [9.17, 15) is 13.2 Å². The van der Waals surface area contributed by atoms with Crippen LogP contribution in [-0.4, -0.2) is 45.9 Å². The number of nitrogens with zero attached hydrogens (tertiary/aromatic N) is 6. The summed E-state index contributed by atoms with van der Waals surface area (Å²) in [7, 11) is 0. The Morgan fingerprint density at radius 3 is 2.32 bits per heavy atom. The molecule has 2 aliphatic rings. The largest absolute Gasteiger partial charge is 0.435 e. The molecule has 0 bridgehead atoms. The third kappa shape index (κ3) is 4.07. The minimum atomic E-state index is -4.41. The highest BCUT2D eigenvalue weighted by atomic mass is 19.4. The number of rotatable bonds is 3. The van der Waals surface area contributed by atoms with Crippen molar-refractivity contribution in [2.24, 2.45) is 5.92 Å². The Bertz CT molecular complexity index is 805. The van der Waals surface area contributed by atoms with E-state index >= 15 is 0 Å². The first-order chi connectivity index (χ1) is 13.4. The van der Waals surface area contributed by atoms with Gasteiger partial charge in [-0.1, -0.05) is 6.92 Å². The molecule has 0 amide bonds. The van der Waals surface area contributed by atoms with Crippen LogP contribution < -0.4 is 9.80 Å².